The lowest BCUT2D eigenvalue weighted by Crippen LogP contribution is -2.29. The molecule has 6 nitrogen and oxygen atoms in total. The van der Waals surface area contributed by atoms with Crippen LogP contribution in [0.15, 0.2) is 69.6 Å². The molecule has 1 atom stereocenters. The summed E-state index contributed by atoms with van der Waals surface area (Å²) in [4.78, 5) is 17.4. The molecule has 2 aromatic heterocycles. The highest BCUT2D eigenvalue weighted by Crippen LogP contribution is 2.34. The first-order valence-electron chi connectivity index (χ1n) is 12.1. The summed E-state index contributed by atoms with van der Waals surface area (Å²) >= 11 is 0.548. The van der Waals surface area contributed by atoms with Gasteiger partial charge in [-0.25, -0.2) is 4.99 Å². The van der Waals surface area contributed by atoms with Crippen LogP contribution in [0.2, 0.25) is 0 Å². The first kappa shape index (κ1) is 27.0. The number of carbonyl (C=O) groups excluding carboxylic acids is 1. The average Bonchev–Trinajstić information content (AvgIpc) is 3.52. The summed E-state index contributed by atoms with van der Waals surface area (Å²) in [5.41, 5.74) is 4.57. The van der Waals surface area contributed by atoms with Crippen molar-refractivity contribution in [1.29, 1.82) is 0 Å². The van der Waals surface area contributed by atoms with Gasteiger partial charge in [0.1, 0.15) is 22.7 Å². The largest absolute Gasteiger partial charge is 0.614 e. The number of esters is 1. The second-order valence-corrected chi connectivity index (χ2v) is 12.6. The smallest absolute Gasteiger partial charge is 0.310 e. The minimum atomic E-state index is -1.03. The van der Waals surface area contributed by atoms with Crippen molar-refractivity contribution in [1.82, 2.24) is 0 Å². The molecule has 0 saturated carbocycles. The van der Waals surface area contributed by atoms with Crippen molar-refractivity contribution in [3.8, 4) is 16.9 Å². The third kappa shape index (κ3) is 7.03. The van der Waals surface area contributed by atoms with Gasteiger partial charge in [-0.15, -0.1) is 11.3 Å². The number of ether oxygens (including phenoxy) is 2. The Balaban J connectivity index is 1.52. The van der Waals surface area contributed by atoms with Gasteiger partial charge in [-0.3, -0.25) is 4.79 Å². The molecule has 0 aliphatic carbocycles. The normalized spacial score (nSPS) is 12.8. The van der Waals surface area contributed by atoms with Crippen LogP contribution in [0.4, 0.5) is 0 Å². The fourth-order valence-corrected chi connectivity index (χ4v) is 5.10. The van der Waals surface area contributed by atoms with Crippen LogP contribution in [-0.4, -0.2) is 34.0 Å². The molecular formula is C29H31NO5S2. The van der Waals surface area contributed by atoms with Crippen LogP contribution in [-0.2, 0) is 33.7 Å². The number of thiophene rings is 1. The summed E-state index contributed by atoms with van der Waals surface area (Å²) in [5, 5.41) is 3.05. The van der Waals surface area contributed by atoms with Crippen LogP contribution in [0.1, 0.15) is 43.7 Å². The fourth-order valence-electron chi connectivity index (χ4n) is 3.71. The zero-order chi connectivity index (χ0) is 26.4. The molecular weight excluding hydrogens is 506 g/mol. The molecule has 1 unspecified atom stereocenters. The van der Waals surface area contributed by atoms with Crippen LogP contribution in [0.5, 0.6) is 5.75 Å². The average molecular weight is 538 g/mol. The van der Waals surface area contributed by atoms with Crippen molar-refractivity contribution in [3.05, 3.63) is 76.2 Å². The van der Waals surface area contributed by atoms with E-state index in [9.17, 15) is 9.35 Å². The molecule has 2 heterocycles. The van der Waals surface area contributed by atoms with E-state index >= 15 is 0 Å². The highest BCUT2D eigenvalue weighted by molar-refractivity contribution is 7.92. The molecule has 0 radical (unpaired) electrons. The lowest BCUT2D eigenvalue weighted by atomic mass is 10.0. The molecule has 0 N–H and O–H groups in total. The molecule has 4 aromatic rings. The van der Waals surface area contributed by atoms with Gasteiger partial charge in [0.2, 0.25) is 0 Å². The van der Waals surface area contributed by atoms with Crippen LogP contribution < -0.4 is 4.74 Å². The number of fused-ring (bicyclic) bond motifs is 1. The zero-order valence-corrected chi connectivity index (χ0v) is 23.1. The number of nitrogens with zero attached hydrogens (tertiary/aromatic N) is 1. The molecule has 4 rings (SSSR count). The lowest BCUT2D eigenvalue weighted by Gasteiger charge is -2.22. The molecule has 2 aromatic carbocycles. The second-order valence-electron chi connectivity index (χ2n) is 9.50. The third-order valence-corrected chi connectivity index (χ3v) is 8.26. The first-order valence-corrected chi connectivity index (χ1v) is 14.3. The zero-order valence-electron chi connectivity index (χ0n) is 21.5. The Morgan fingerprint density at radius 2 is 2.00 bits per heavy atom. The van der Waals surface area contributed by atoms with E-state index in [0.717, 1.165) is 38.1 Å². The number of para-hydroxylation sites is 1. The topological polar surface area (TPSA) is 84.1 Å². The minimum Gasteiger partial charge on any atom is -0.614 e. The van der Waals surface area contributed by atoms with Gasteiger partial charge in [-0.05, 0) is 85.7 Å². The summed E-state index contributed by atoms with van der Waals surface area (Å²) in [6.45, 7) is 8.33. The van der Waals surface area contributed by atoms with Crippen molar-refractivity contribution in [2.24, 2.45) is 4.99 Å². The Hall–Kier alpha value is -3.07. The van der Waals surface area contributed by atoms with Crippen LogP contribution >= 0.6 is 11.3 Å². The maximum atomic E-state index is 12.3. The highest BCUT2D eigenvalue weighted by atomic mass is 32.2. The second kappa shape index (κ2) is 12.0. The summed E-state index contributed by atoms with van der Waals surface area (Å²) in [6.07, 6.45) is 3.63. The van der Waals surface area contributed by atoms with Gasteiger partial charge in [0, 0.05) is 27.6 Å². The number of hydrogen-bond acceptors (Lipinski definition) is 7. The summed E-state index contributed by atoms with van der Waals surface area (Å²) in [7, 11) is 0. The molecule has 8 heteroatoms. The number of benzene rings is 2. The highest BCUT2D eigenvalue weighted by Gasteiger charge is 2.24. The van der Waals surface area contributed by atoms with E-state index in [1.165, 1.54) is 0 Å². The van der Waals surface area contributed by atoms with Gasteiger partial charge in [-0.2, -0.15) is 0 Å². The van der Waals surface area contributed by atoms with Crippen LogP contribution in [0.3, 0.4) is 0 Å². The van der Waals surface area contributed by atoms with Crippen molar-refractivity contribution in [2.75, 3.05) is 12.5 Å². The predicted octanol–water partition coefficient (Wildman–Crippen LogP) is 6.77. The molecule has 37 heavy (non-hydrogen) atoms. The van der Waals surface area contributed by atoms with Crippen molar-refractivity contribution in [2.45, 2.75) is 45.5 Å². The molecule has 194 valence electrons. The summed E-state index contributed by atoms with van der Waals surface area (Å²) < 4.78 is 29.0. The van der Waals surface area contributed by atoms with E-state index in [4.69, 9.17) is 13.9 Å². The van der Waals surface area contributed by atoms with E-state index in [0.29, 0.717) is 19.0 Å². The van der Waals surface area contributed by atoms with Crippen LogP contribution in [0.25, 0.3) is 22.1 Å². The number of carbonyl (C=O) groups is 1. The Kier molecular flexibility index (Phi) is 8.74. The Labute approximate surface area is 224 Å². The molecule has 0 amide bonds. The Bertz CT molecular complexity index is 1380. The van der Waals surface area contributed by atoms with E-state index in [2.05, 4.69) is 22.5 Å². The molecule has 0 aliphatic rings. The summed E-state index contributed by atoms with van der Waals surface area (Å²) in [5.74, 6) is 0.664. The van der Waals surface area contributed by atoms with Gasteiger partial charge < -0.3 is 18.4 Å². The summed E-state index contributed by atoms with van der Waals surface area (Å²) in [6, 6.07) is 15.6. The molecule has 0 aliphatic heterocycles. The third-order valence-electron chi connectivity index (χ3n) is 5.64. The molecule has 0 fully saturated rings. The van der Waals surface area contributed by atoms with Gasteiger partial charge in [0.15, 0.2) is 5.88 Å². The molecule has 0 saturated heterocycles. The van der Waals surface area contributed by atoms with Crippen molar-refractivity contribution >= 4 is 45.7 Å². The van der Waals surface area contributed by atoms with E-state index in [1.807, 2.05) is 57.2 Å². The van der Waals surface area contributed by atoms with Gasteiger partial charge in [-0.1, -0.05) is 18.2 Å². The minimum absolute atomic E-state index is 0.165. The van der Waals surface area contributed by atoms with E-state index in [1.54, 1.807) is 30.7 Å². The quantitative estimate of drug-likeness (QED) is 0.127. The first-order chi connectivity index (χ1) is 17.7. The fraction of sp³-hybridized carbons (Fsp3) is 0.310. The van der Waals surface area contributed by atoms with Crippen molar-refractivity contribution in [3.63, 3.8) is 0 Å². The van der Waals surface area contributed by atoms with Gasteiger partial charge >= 0.3 is 5.97 Å². The predicted molar refractivity (Wildman–Crippen MR) is 151 cm³/mol. The number of rotatable bonds is 10. The monoisotopic (exact) mass is 537 g/mol. The number of hydrogen-bond donors (Lipinski definition) is 0. The lowest BCUT2D eigenvalue weighted by molar-refractivity contribution is -0.142. The van der Waals surface area contributed by atoms with Crippen molar-refractivity contribution < 1.29 is 23.2 Å². The Morgan fingerprint density at radius 1 is 1.19 bits per heavy atom. The van der Waals surface area contributed by atoms with E-state index < -0.39 is 11.2 Å². The standard InChI is InChI=1S/C29H31NO5S2/c1-5-33-27(31)15-21-8-6-7-9-26(21)35-17-20-12-22-10-11-34-28(22)25(13-20)23-14-24(36-18-23)16-30-19-37(32)29(2,3)4/h6-14,16,18H,5,15,17,19H2,1-4H3/b30-16+. The maximum Gasteiger partial charge on any atom is 0.310 e. The van der Waals surface area contributed by atoms with E-state index in [-0.39, 0.29) is 23.0 Å². The molecule has 0 bridgehead atoms. The number of furan rings is 1. The number of aliphatic imine (C=N–C) groups is 1. The van der Waals surface area contributed by atoms with Gasteiger partial charge in [0.25, 0.3) is 0 Å². The maximum absolute atomic E-state index is 12.3. The molecule has 0 spiro atoms. The van der Waals surface area contributed by atoms with Gasteiger partial charge in [0.05, 0.1) is 19.3 Å². The Morgan fingerprint density at radius 3 is 2.78 bits per heavy atom. The SMILES string of the molecule is CCOC(=O)Cc1ccccc1OCc1cc(-c2csc(/C=N/C[S+]([O-])C(C)(C)C)c2)c2occc2c1. The van der Waals surface area contributed by atoms with Crippen LogP contribution in [0, 0.1) is 0 Å².